The SMILES string of the molecule is C/C(Cl)=C\CSc1c(C(C)C)c(CNS(=O)(=O)c2ccccc2)c(C)n1Cc1ccncc1.C/C=C(\C)CCl. The van der Waals surface area contributed by atoms with E-state index < -0.39 is 10.0 Å². The molecule has 1 aromatic carbocycles. The number of benzene rings is 1. The summed E-state index contributed by atoms with van der Waals surface area (Å²) in [7, 11) is -3.61. The summed E-state index contributed by atoms with van der Waals surface area (Å²) in [6, 6.07) is 12.5. The zero-order valence-electron chi connectivity index (χ0n) is 23.5. The van der Waals surface area contributed by atoms with Crippen molar-refractivity contribution in [3.05, 3.63) is 100.0 Å². The molecule has 0 aliphatic carbocycles. The molecule has 0 aliphatic rings. The molecule has 0 spiro atoms. The van der Waals surface area contributed by atoms with E-state index in [-0.39, 0.29) is 17.4 Å². The third kappa shape index (κ3) is 10.1. The molecule has 39 heavy (non-hydrogen) atoms. The highest BCUT2D eigenvalue weighted by atomic mass is 35.5. The van der Waals surface area contributed by atoms with Crippen LogP contribution in [-0.4, -0.2) is 29.6 Å². The highest BCUT2D eigenvalue weighted by Crippen LogP contribution is 2.37. The summed E-state index contributed by atoms with van der Waals surface area (Å²) in [5.41, 5.74) is 5.62. The number of hydrogen-bond acceptors (Lipinski definition) is 4. The lowest BCUT2D eigenvalue weighted by Gasteiger charge is -2.14. The molecule has 3 aromatic rings. The first-order chi connectivity index (χ1) is 18.5. The van der Waals surface area contributed by atoms with Gasteiger partial charge in [-0.15, -0.1) is 23.4 Å². The van der Waals surface area contributed by atoms with Gasteiger partial charge >= 0.3 is 0 Å². The number of aromatic nitrogens is 2. The molecule has 5 nitrogen and oxygen atoms in total. The van der Waals surface area contributed by atoms with Gasteiger partial charge in [0.1, 0.15) is 0 Å². The molecular weight excluding hydrogens is 569 g/mol. The summed E-state index contributed by atoms with van der Waals surface area (Å²) >= 11 is 13.2. The fraction of sp³-hybridized carbons (Fsp3) is 0.367. The largest absolute Gasteiger partial charge is 0.335 e. The number of hydrogen-bond donors (Lipinski definition) is 1. The third-order valence-corrected chi connectivity index (χ3v) is 9.13. The molecule has 0 aliphatic heterocycles. The summed E-state index contributed by atoms with van der Waals surface area (Å²) in [6.45, 7) is 13.1. The monoisotopic (exact) mass is 607 g/mol. The second kappa shape index (κ2) is 16.3. The fourth-order valence-corrected chi connectivity index (χ4v) is 6.49. The second-order valence-electron chi connectivity index (χ2n) is 9.39. The number of nitrogens with one attached hydrogen (secondary N) is 1. The maximum Gasteiger partial charge on any atom is 0.240 e. The van der Waals surface area contributed by atoms with Crippen LogP contribution < -0.4 is 4.72 Å². The molecule has 0 radical (unpaired) electrons. The lowest BCUT2D eigenvalue weighted by atomic mass is 10.0. The molecule has 9 heteroatoms. The van der Waals surface area contributed by atoms with Crippen LogP contribution in [0, 0.1) is 6.92 Å². The van der Waals surface area contributed by atoms with E-state index >= 15 is 0 Å². The molecule has 0 amide bonds. The Morgan fingerprint density at radius 1 is 1.13 bits per heavy atom. The van der Waals surface area contributed by atoms with Crippen LogP contribution in [0.4, 0.5) is 0 Å². The van der Waals surface area contributed by atoms with E-state index in [1.54, 1.807) is 54.5 Å². The molecule has 0 fully saturated rings. The third-order valence-electron chi connectivity index (χ3n) is 6.09. The fourth-order valence-electron chi connectivity index (χ4n) is 3.78. The highest BCUT2D eigenvalue weighted by Gasteiger charge is 2.24. The molecule has 1 N–H and O–H groups in total. The van der Waals surface area contributed by atoms with E-state index in [0.29, 0.717) is 12.4 Å². The van der Waals surface area contributed by atoms with Crippen molar-refractivity contribution < 1.29 is 8.42 Å². The van der Waals surface area contributed by atoms with Gasteiger partial charge in [0.05, 0.1) is 9.92 Å². The van der Waals surface area contributed by atoms with E-state index in [0.717, 1.165) is 32.6 Å². The minimum Gasteiger partial charge on any atom is -0.335 e. The molecule has 0 unspecified atom stereocenters. The summed E-state index contributed by atoms with van der Waals surface area (Å²) in [4.78, 5) is 4.39. The Labute approximate surface area is 248 Å². The first-order valence-electron chi connectivity index (χ1n) is 12.8. The van der Waals surface area contributed by atoms with Crippen LogP contribution in [0.3, 0.4) is 0 Å². The molecule has 212 valence electrons. The van der Waals surface area contributed by atoms with Gasteiger partial charge in [0.15, 0.2) is 0 Å². The molecule has 2 aromatic heterocycles. The average molecular weight is 609 g/mol. The number of thioether (sulfide) groups is 1. The molecule has 0 saturated heterocycles. The van der Waals surface area contributed by atoms with Crippen LogP contribution in [0.5, 0.6) is 0 Å². The van der Waals surface area contributed by atoms with Crippen molar-refractivity contribution in [3.63, 3.8) is 0 Å². The van der Waals surface area contributed by atoms with Crippen LogP contribution >= 0.6 is 35.0 Å². The van der Waals surface area contributed by atoms with Gasteiger partial charge in [0, 0.05) is 47.8 Å². The second-order valence-corrected chi connectivity index (χ2v) is 13.0. The number of rotatable bonds is 11. The maximum atomic E-state index is 12.9. The average Bonchev–Trinajstić information content (AvgIpc) is 3.18. The number of halogens is 2. The summed E-state index contributed by atoms with van der Waals surface area (Å²) < 4.78 is 30.8. The highest BCUT2D eigenvalue weighted by molar-refractivity contribution is 7.99. The normalized spacial score (nSPS) is 12.4. The van der Waals surface area contributed by atoms with E-state index in [9.17, 15) is 8.42 Å². The zero-order chi connectivity index (χ0) is 29.0. The van der Waals surface area contributed by atoms with Gasteiger partial charge < -0.3 is 4.57 Å². The molecular formula is C30H39Cl2N3O2S2. The Kier molecular flexibility index (Phi) is 13.9. The Hall–Kier alpha value is -2.03. The number of pyridine rings is 1. The predicted octanol–water partition coefficient (Wildman–Crippen LogP) is 8.27. The van der Waals surface area contributed by atoms with Gasteiger partial charge in [-0.3, -0.25) is 4.98 Å². The smallest absolute Gasteiger partial charge is 0.240 e. The van der Waals surface area contributed by atoms with Gasteiger partial charge in [0.2, 0.25) is 10.0 Å². The number of allylic oxidation sites excluding steroid dienone is 3. The molecule has 2 heterocycles. The standard InChI is InChI=1S/C25H30ClN3O2S2.C5H9Cl/c1-18(2)24-23(16-28-33(30,31)22-8-6-5-7-9-22)20(4)29(17-21-10-13-27-14-11-21)25(24)32-15-12-19(3)26;1-3-5(2)4-6/h5-14,18,28H,15-17H2,1-4H3;3H,4H2,1-2H3/b19-12+;5-3+. The van der Waals surface area contributed by atoms with Gasteiger partial charge in [-0.05, 0) is 74.6 Å². The first kappa shape index (κ1) is 33.2. The Bertz CT molecular complexity index is 1350. The number of nitrogens with zero attached hydrogens (tertiary/aromatic N) is 2. The van der Waals surface area contributed by atoms with E-state index in [1.807, 2.05) is 45.1 Å². The maximum absolute atomic E-state index is 12.9. The summed E-state index contributed by atoms with van der Waals surface area (Å²) in [5.74, 6) is 1.63. The lowest BCUT2D eigenvalue weighted by molar-refractivity contribution is 0.580. The van der Waals surface area contributed by atoms with Crippen molar-refractivity contribution in [2.75, 3.05) is 11.6 Å². The van der Waals surface area contributed by atoms with Gasteiger partial charge in [-0.25, -0.2) is 13.1 Å². The molecule has 0 saturated carbocycles. The van der Waals surface area contributed by atoms with Gasteiger partial charge in [0.25, 0.3) is 0 Å². The van der Waals surface area contributed by atoms with Gasteiger partial charge in [-0.1, -0.05) is 61.4 Å². The Balaban J connectivity index is 0.000000798. The van der Waals surface area contributed by atoms with Crippen molar-refractivity contribution >= 4 is 45.0 Å². The Morgan fingerprint density at radius 2 is 1.77 bits per heavy atom. The van der Waals surface area contributed by atoms with Gasteiger partial charge in [-0.2, -0.15) is 0 Å². The van der Waals surface area contributed by atoms with Crippen molar-refractivity contribution in [2.45, 2.75) is 70.5 Å². The molecule has 0 bridgehead atoms. The summed E-state index contributed by atoms with van der Waals surface area (Å²) in [6.07, 6.45) is 7.58. The van der Waals surface area contributed by atoms with Crippen molar-refractivity contribution in [1.29, 1.82) is 0 Å². The van der Waals surface area contributed by atoms with E-state index in [1.165, 1.54) is 11.1 Å². The first-order valence-corrected chi connectivity index (χ1v) is 16.2. The van der Waals surface area contributed by atoms with Crippen molar-refractivity contribution in [2.24, 2.45) is 0 Å². The zero-order valence-corrected chi connectivity index (χ0v) is 26.7. The Morgan fingerprint density at radius 3 is 2.28 bits per heavy atom. The minimum absolute atomic E-state index is 0.224. The number of alkyl halides is 1. The van der Waals surface area contributed by atoms with E-state index in [4.69, 9.17) is 23.2 Å². The van der Waals surface area contributed by atoms with Crippen molar-refractivity contribution in [3.8, 4) is 0 Å². The predicted molar refractivity (Wildman–Crippen MR) is 168 cm³/mol. The van der Waals surface area contributed by atoms with Crippen LogP contribution in [0.15, 0.2) is 87.5 Å². The van der Waals surface area contributed by atoms with Crippen LogP contribution in [0.2, 0.25) is 0 Å². The summed E-state index contributed by atoms with van der Waals surface area (Å²) in [5, 5.41) is 1.90. The molecule has 0 atom stereocenters. The van der Waals surface area contributed by atoms with Crippen LogP contribution in [0.25, 0.3) is 0 Å². The quantitative estimate of drug-likeness (QED) is 0.135. The lowest BCUT2D eigenvalue weighted by Crippen LogP contribution is -2.24. The van der Waals surface area contributed by atoms with Crippen LogP contribution in [0.1, 0.15) is 62.9 Å². The van der Waals surface area contributed by atoms with Crippen molar-refractivity contribution in [1.82, 2.24) is 14.3 Å². The number of sulfonamides is 1. The van der Waals surface area contributed by atoms with Crippen LogP contribution in [-0.2, 0) is 23.1 Å². The molecule has 3 rings (SSSR count). The topological polar surface area (TPSA) is 64.0 Å². The minimum atomic E-state index is -3.61. The van der Waals surface area contributed by atoms with E-state index in [2.05, 4.69) is 35.0 Å².